The fraction of sp³-hybridized carbons (Fsp3) is 0.350. The van der Waals surface area contributed by atoms with Crippen LogP contribution in [0, 0.1) is 0 Å². The van der Waals surface area contributed by atoms with E-state index in [0.29, 0.717) is 18.7 Å². The van der Waals surface area contributed by atoms with Gasteiger partial charge in [0.05, 0.1) is 6.10 Å². The van der Waals surface area contributed by atoms with Gasteiger partial charge >= 0.3 is 0 Å². The molecule has 1 atom stereocenters. The van der Waals surface area contributed by atoms with Crippen LogP contribution in [0.4, 0.5) is 5.69 Å². The number of benzene rings is 1. The average Bonchev–Trinajstić information content (AvgIpc) is 3.35. The Morgan fingerprint density at radius 1 is 1.27 bits per heavy atom. The van der Waals surface area contributed by atoms with Crippen LogP contribution >= 0.6 is 0 Å². The van der Waals surface area contributed by atoms with Crippen molar-refractivity contribution in [2.45, 2.75) is 25.4 Å². The maximum Gasteiger partial charge on any atom is 0.276 e. The summed E-state index contributed by atoms with van der Waals surface area (Å²) in [5, 5.41) is 2.88. The van der Waals surface area contributed by atoms with E-state index in [1.54, 1.807) is 17.0 Å². The lowest BCUT2D eigenvalue weighted by Crippen LogP contribution is -2.32. The molecule has 26 heavy (non-hydrogen) atoms. The highest BCUT2D eigenvalue weighted by atomic mass is 16.5. The topological polar surface area (TPSA) is 71.5 Å². The van der Waals surface area contributed by atoms with Gasteiger partial charge in [-0.1, -0.05) is 18.2 Å². The highest BCUT2D eigenvalue weighted by Crippen LogP contribution is 2.28. The molecular formula is C20H21N3O3. The minimum Gasteiger partial charge on any atom is -0.376 e. The monoisotopic (exact) mass is 351 g/mol. The fourth-order valence-corrected chi connectivity index (χ4v) is 3.49. The van der Waals surface area contributed by atoms with E-state index in [1.165, 1.54) is 6.20 Å². The van der Waals surface area contributed by atoms with Gasteiger partial charge in [-0.05, 0) is 43.0 Å². The molecule has 1 saturated heterocycles. The number of para-hydroxylation sites is 1. The molecule has 1 fully saturated rings. The van der Waals surface area contributed by atoms with E-state index in [2.05, 4.69) is 10.3 Å². The van der Waals surface area contributed by atoms with Crippen LogP contribution in [-0.2, 0) is 11.2 Å². The lowest BCUT2D eigenvalue weighted by atomic mass is 10.1. The van der Waals surface area contributed by atoms with Gasteiger partial charge in [-0.25, -0.2) is 0 Å². The molecule has 134 valence electrons. The molecule has 6 heteroatoms. The normalized spacial score (nSPS) is 18.6. The highest BCUT2D eigenvalue weighted by Gasteiger charge is 2.26. The van der Waals surface area contributed by atoms with Crippen molar-refractivity contribution in [2.75, 3.05) is 24.6 Å². The number of nitrogens with zero attached hydrogens (tertiary/aromatic N) is 2. The first-order valence-electron chi connectivity index (χ1n) is 8.98. The van der Waals surface area contributed by atoms with Crippen LogP contribution in [0.5, 0.6) is 0 Å². The summed E-state index contributed by atoms with van der Waals surface area (Å²) in [5.74, 6) is -0.387. The lowest BCUT2D eigenvalue weighted by Gasteiger charge is -2.17. The quantitative estimate of drug-likeness (QED) is 0.917. The molecule has 4 rings (SSSR count). The molecular weight excluding hydrogens is 330 g/mol. The molecule has 2 aromatic rings. The number of hydrogen-bond acceptors (Lipinski definition) is 4. The van der Waals surface area contributed by atoms with Gasteiger partial charge in [0.1, 0.15) is 5.69 Å². The van der Waals surface area contributed by atoms with Gasteiger partial charge in [-0.3, -0.25) is 14.6 Å². The zero-order valence-corrected chi connectivity index (χ0v) is 14.5. The van der Waals surface area contributed by atoms with Gasteiger partial charge in [0, 0.05) is 37.1 Å². The van der Waals surface area contributed by atoms with Crippen molar-refractivity contribution >= 4 is 17.5 Å². The summed E-state index contributed by atoms with van der Waals surface area (Å²) in [4.78, 5) is 31.1. The van der Waals surface area contributed by atoms with Gasteiger partial charge in [0.15, 0.2) is 0 Å². The third-order valence-corrected chi connectivity index (χ3v) is 4.89. The number of nitrogens with one attached hydrogen (secondary N) is 1. The molecule has 1 aromatic carbocycles. The van der Waals surface area contributed by atoms with E-state index in [4.69, 9.17) is 4.74 Å². The Labute approximate surface area is 152 Å². The predicted molar refractivity (Wildman–Crippen MR) is 97.4 cm³/mol. The van der Waals surface area contributed by atoms with Crippen molar-refractivity contribution in [2.24, 2.45) is 0 Å². The van der Waals surface area contributed by atoms with Gasteiger partial charge < -0.3 is 15.0 Å². The fourth-order valence-electron chi connectivity index (χ4n) is 3.49. The number of rotatable bonds is 4. The molecule has 2 amide bonds. The molecule has 2 aliphatic rings. The van der Waals surface area contributed by atoms with Crippen molar-refractivity contribution in [1.82, 2.24) is 10.3 Å². The number of anilines is 1. The van der Waals surface area contributed by atoms with Crippen LogP contribution in [0.1, 0.15) is 39.3 Å². The minimum atomic E-state index is -0.209. The molecule has 2 aliphatic heterocycles. The number of carbonyl (C=O) groups excluding carboxylic acids is 2. The first kappa shape index (κ1) is 16.7. The largest absolute Gasteiger partial charge is 0.376 e. The second-order valence-electron chi connectivity index (χ2n) is 6.61. The summed E-state index contributed by atoms with van der Waals surface area (Å²) in [6.07, 6.45) is 4.43. The molecule has 1 aromatic heterocycles. The Hall–Kier alpha value is -2.73. The van der Waals surface area contributed by atoms with Crippen molar-refractivity contribution in [3.05, 3.63) is 59.4 Å². The smallest absolute Gasteiger partial charge is 0.276 e. The Kier molecular flexibility index (Phi) is 4.67. The second kappa shape index (κ2) is 7.25. The number of fused-ring (bicyclic) bond motifs is 1. The molecule has 0 bridgehead atoms. The molecule has 1 N–H and O–H groups in total. The number of hydrogen-bond donors (Lipinski definition) is 1. The van der Waals surface area contributed by atoms with Crippen LogP contribution in [0.2, 0.25) is 0 Å². The van der Waals surface area contributed by atoms with Crippen molar-refractivity contribution in [3.63, 3.8) is 0 Å². The predicted octanol–water partition coefficient (Wildman–Crippen LogP) is 2.19. The van der Waals surface area contributed by atoms with Gasteiger partial charge in [0.2, 0.25) is 0 Å². The lowest BCUT2D eigenvalue weighted by molar-refractivity contribution is 0.0857. The summed E-state index contributed by atoms with van der Waals surface area (Å²) in [6, 6.07) is 11.1. The summed E-state index contributed by atoms with van der Waals surface area (Å²) >= 11 is 0. The SMILES string of the molecule is O=C(NCC1CCCO1)c1ccnc(C(=O)N2CCc3ccccc32)c1. The number of carbonyl (C=O) groups is 2. The molecule has 0 aliphatic carbocycles. The Bertz CT molecular complexity index is 831. The maximum atomic E-state index is 12.9. The molecule has 1 unspecified atom stereocenters. The zero-order chi connectivity index (χ0) is 17.9. The minimum absolute atomic E-state index is 0.0861. The molecule has 0 saturated carbocycles. The summed E-state index contributed by atoms with van der Waals surface area (Å²) in [5.41, 5.74) is 2.80. The van der Waals surface area contributed by atoms with E-state index in [0.717, 1.165) is 37.1 Å². The summed E-state index contributed by atoms with van der Waals surface area (Å²) in [6.45, 7) is 1.88. The van der Waals surface area contributed by atoms with Crippen LogP contribution in [0.3, 0.4) is 0 Å². The number of aromatic nitrogens is 1. The van der Waals surface area contributed by atoms with Crippen LogP contribution in [0.15, 0.2) is 42.6 Å². The molecule has 3 heterocycles. The highest BCUT2D eigenvalue weighted by molar-refractivity contribution is 6.07. The maximum absolute atomic E-state index is 12.9. The van der Waals surface area contributed by atoms with Crippen molar-refractivity contribution in [1.29, 1.82) is 0 Å². The molecule has 6 nitrogen and oxygen atoms in total. The van der Waals surface area contributed by atoms with Crippen molar-refractivity contribution < 1.29 is 14.3 Å². The van der Waals surface area contributed by atoms with Crippen LogP contribution < -0.4 is 10.2 Å². The van der Waals surface area contributed by atoms with Gasteiger partial charge in [0.25, 0.3) is 11.8 Å². The first-order chi connectivity index (χ1) is 12.7. The Morgan fingerprint density at radius 3 is 3.00 bits per heavy atom. The van der Waals surface area contributed by atoms with Crippen molar-refractivity contribution in [3.8, 4) is 0 Å². The zero-order valence-electron chi connectivity index (χ0n) is 14.5. The first-order valence-corrected chi connectivity index (χ1v) is 8.98. The number of ether oxygens (including phenoxy) is 1. The number of amides is 2. The third kappa shape index (κ3) is 3.32. The third-order valence-electron chi connectivity index (χ3n) is 4.89. The van der Waals surface area contributed by atoms with E-state index in [-0.39, 0.29) is 23.6 Å². The summed E-state index contributed by atoms with van der Waals surface area (Å²) < 4.78 is 5.51. The van der Waals surface area contributed by atoms with Crippen LogP contribution in [-0.4, -0.2) is 42.6 Å². The molecule has 0 radical (unpaired) electrons. The van der Waals surface area contributed by atoms with Gasteiger partial charge in [-0.2, -0.15) is 0 Å². The van der Waals surface area contributed by atoms with E-state index >= 15 is 0 Å². The Morgan fingerprint density at radius 2 is 2.15 bits per heavy atom. The van der Waals surface area contributed by atoms with E-state index < -0.39 is 0 Å². The van der Waals surface area contributed by atoms with Gasteiger partial charge in [-0.15, -0.1) is 0 Å². The van der Waals surface area contributed by atoms with Crippen LogP contribution in [0.25, 0.3) is 0 Å². The van der Waals surface area contributed by atoms with E-state index in [9.17, 15) is 9.59 Å². The summed E-state index contributed by atoms with van der Waals surface area (Å²) in [7, 11) is 0. The average molecular weight is 351 g/mol. The number of pyridine rings is 1. The second-order valence-corrected chi connectivity index (χ2v) is 6.61. The standard InChI is InChI=1S/C20H21N3O3/c24-19(22-13-16-5-3-11-26-16)15-7-9-21-17(12-15)20(25)23-10-8-14-4-1-2-6-18(14)23/h1-2,4,6-7,9,12,16H,3,5,8,10-11,13H2,(H,22,24). The Balaban J connectivity index is 1.47. The van der Waals surface area contributed by atoms with E-state index in [1.807, 2.05) is 24.3 Å². The molecule has 0 spiro atoms.